The molecular weight excluding hydrogens is 320 g/mol. The third kappa shape index (κ3) is 2.55. The van der Waals surface area contributed by atoms with Gasteiger partial charge in [-0.2, -0.15) is 0 Å². The number of hydrogen-bond acceptors (Lipinski definition) is 5. The quantitative estimate of drug-likeness (QED) is 0.384. The second-order valence-electron chi connectivity index (χ2n) is 8.23. The molecule has 7 atom stereocenters. The summed E-state index contributed by atoms with van der Waals surface area (Å²) in [7, 11) is 0. The zero-order chi connectivity index (χ0) is 17.9. The second kappa shape index (κ2) is 5.82. The highest BCUT2D eigenvalue weighted by molar-refractivity contribution is 5.96. The molecule has 25 heavy (non-hydrogen) atoms. The molecule has 2 heterocycles. The maximum atomic E-state index is 11.5. The fourth-order valence-corrected chi connectivity index (χ4v) is 5.39. The monoisotopic (exact) mass is 344 g/mol. The Morgan fingerprint density at radius 2 is 1.64 bits per heavy atom. The summed E-state index contributed by atoms with van der Waals surface area (Å²) in [6, 6.07) is 0. The predicted octanol–water partition coefficient (Wildman–Crippen LogP) is 3.01. The molecule has 0 radical (unpaired) electrons. The normalized spacial score (nSPS) is 43.8. The smallest absolute Gasteiger partial charge is 0.317 e. The summed E-state index contributed by atoms with van der Waals surface area (Å²) in [6.07, 6.45) is 6.13. The fourth-order valence-electron chi connectivity index (χ4n) is 5.39. The van der Waals surface area contributed by atoms with Crippen LogP contribution in [0.2, 0.25) is 0 Å². The van der Waals surface area contributed by atoms with Crippen LogP contribution in [-0.4, -0.2) is 17.9 Å². The van der Waals surface area contributed by atoms with Crippen LogP contribution >= 0.6 is 0 Å². The minimum atomic E-state index is -0.295. The number of hydrogen-bond donors (Lipinski definition) is 0. The van der Waals surface area contributed by atoms with E-state index in [0.717, 1.165) is 25.7 Å². The van der Waals surface area contributed by atoms with Crippen LogP contribution in [0.3, 0.4) is 0 Å². The molecule has 5 rings (SSSR count). The van der Waals surface area contributed by atoms with Gasteiger partial charge < -0.3 is 9.47 Å². The average Bonchev–Trinajstić information content (AvgIpc) is 3.25. The van der Waals surface area contributed by atoms with Crippen LogP contribution in [0.1, 0.15) is 39.5 Å². The first-order chi connectivity index (χ1) is 11.9. The highest BCUT2D eigenvalue weighted by Gasteiger charge is 2.56. The molecule has 5 nitrogen and oxygen atoms in total. The van der Waals surface area contributed by atoms with Crippen molar-refractivity contribution in [3.05, 3.63) is 24.0 Å². The summed E-state index contributed by atoms with van der Waals surface area (Å²) in [4.78, 5) is 33.7. The van der Waals surface area contributed by atoms with Gasteiger partial charge in [0.05, 0.1) is 17.8 Å². The van der Waals surface area contributed by atoms with E-state index in [-0.39, 0.29) is 35.7 Å². The topological polar surface area (TPSA) is 69.7 Å². The summed E-state index contributed by atoms with van der Waals surface area (Å²) in [5.74, 6) is 1.74. The number of allylic oxidation sites excluding steroid dienone is 3. The molecule has 0 aromatic rings. The van der Waals surface area contributed by atoms with Crippen LogP contribution in [0, 0.1) is 41.4 Å². The van der Waals surface area contributed by atoms with Crippen LogP contribution in [0.15, 0.2) is 24.0 Å². The van der Waals surface area contributed by atoms with Crippen LogP contribution < -0.4 is 0 Å². The minimum absolute atomic E-state index is 0.0463. The Kier molecular flexibility index (Phi) is 3.85. The van der Waals surface area contributed by atoms with Crippen molar-refractivity contribution in [2.75, 3.05) is 0 Å². The Balaban J connectivity index is 0.000000126. The summed E-state index contributed by atoms with van der Waals surface area (Å²) in [6.45, 7) is 8.06. The van der Waals surface area contributed by atoms with E-state index in [1.54, 1.807) is 0 Å². The van der Waals surface area contributed by atoms with Crippen molar-refractivity contribution < 1.29 is 23.9 Å². The Morgan fingerprint density at radius 3 is 2.40 bits per heavy atom. The van der Waals surface area contributed by atoms with Crippen LogP contribution in [0.4, 0.5) is 0 Å². The molecule has 0 aromatic heterocycles. The van der Waals surface area contributed by atoms with Gasteiger partial charge in [0.15, 0.2) is 0 Å². The van der Waals surface area contributed by atoms with Crippen molar-refractivity contribution in [3.63, 3.8) is 0 Å². The Bertz CT molecular complexity index is 690. The molecule has 4 fully saturated rings. The lowest BCUT2D eigenvalue weighted by Gasteiger charge is -2.24. The van der Waals surface area contributed by atoms with Crippen LogP contribution in [-0.2, 0) is 23.9 Å². The number of ether oxygens (including phenoxy) is 2. The first-order valence-electron chi connectivity index (χ1n) is 9.21. The van der Waals surface area contributed by atoms with Crippen molar-refractivity contribution >= 4 is 17.9 Å². The number of carbonyl (C=O) groups excluding carboxylic acids is 3. The van der Waals surface area contributed by atoms with E-state index in [9.17, 15) is 14.4 Å². The first-order valence-corrected chi connectivity index (χ1v) is 9.21. The van der Waals surface area contributed by atoms with Crippen molar-refractivity contribution in [3.8, 4) is 0 Å². The number of rotatable bonds is 0. The molecule has 134 valence electrons. The number of esters is 3. The van der Waals surface area contributed by atoms with Gasteiger partial charge in [-0.1, -0.05) is 25.2 Å². The van der Waals surface area contributed by atoms with E-state index in [0.29, 0.717) is 29.4 Å². The largest absolute Gasteiger partial charge is 0.431 e. The number of carbonyl (C=O) groups is 3. The fraction of sp³-hybridized carbons (Fsp3) is 0.650. The molecule has 7 unspecified atom stereocenters. The van der Waals surface area contributed by atoms with Gasteiger partial charge in [0.25, 0.3) is 0 Å². The van der Waals surface area contributed by atoms with Crippen molar-refractivity contribution in [1.82, 2.24) is 0 Å². The molecule has 2 saturated carbocycles. The van der Waals surface area contributed by atoms with Crippen molar-refractivity contribution in [2.45, 2.75) is 39.5 Å². The molecule has 3 aliphatic carbocycles. The van der Waals surface area contributed by atoms with Crippen molar-refractivity contribution in [1.29, 1.82) is 0 Å². The molecule has 0 aromatic carbocycles. The van der Waals surface area contributed by atoms with Gasteiger partial charge in [-0.25, -0.2) is 0 Å². The van der Waals surface area contributed by atoms with E-state index in [4.69, 9.17) is 4.74 Å². The third-order valence-corrected chi connectivity index (χ3v) is 6.66. The molecule has 2 saturated heterocycles. The lowest BCUT2D eigenvalue weighted by molar-refractivity contribution is -0.153. The molecule has 5 heteroatoms. The Labute approximate surface area is 147 Å². The lowest BCUT2D eigenvalue weighted by atomic mass is 9.76. The van der Waals surface area contributed by atoms with Gasteiger partial charge in [0, 0.05) is 5.92 Å². The van der Waals surface area contributed by atoms with Crippen LogP contribution in [0.25, 0.3) is 0 Å². The van der Waals surface area contributed by atoms with Gasteiger partial charge in [-0.05, 0) is 50.4 Å². The minimum Gasteiger partial charge on any atom is -0.431 e. The highest BCUT2D eigenvalue weighted by atomic mass is 16.6. The molecule has 0 amide bonds. The number of cyclic esters (lactones) is 3. The number of fused-ring (bicyclic) bond motifs is 6. The molecule has 2 aliphatic heterocycles. The zero-order valence-corrected chi connectivity index (χ0v) is 14.7. The van der Waals surface area contributed by atoms with Crippen LogP contribution in [0.5, 0.6) is 0 Å². The Morgan fingerprint density at radius 1 is 0.920 bits per heavy atom. The molecular formula is C20H24O5. The summed E-state index contributed by atoms with van der Waals surface area (Å²) in [5, 5.41) is 0. The SMILES string of the molecule is C=C1OC(=O)C2C3CC(C=C3C)C12.CC1CCC2C(=O)OC(=O)C2C1. The van der Waals surface area contributed by atoms with E-state index in [1.807, 2.05) is 0 Å². The lowest BCUT2D eigenvalue weighted by Crippen LogP contribution is -2.25. The second-order valence-corrected chi connectivity index (χ2v) is 8.23. The average molecular weight is 344 g/mol. The molecule has 0 spiro atoms. The first kappa shape index (κ1) is 16.6. The maximum Gasteiger partial charge on any atom is 0.317 e. The summed E-state index contributed by atoms with van der Waals surface area (Å²) < 4.78 is 9.67. The van der Waals surface area contributed by atoms with Gasteiger partial charge in [-0.3, -0.25) is 14.4 Å². The van der Waals surface area contributed by atoms with Gasteiger partial charge in [0.1, 0.15) is 5.76 Å². The van der Waals surface area contributed by atoms with Gasteiger partial charge >= 0.3 is 17.9 Å². The standard InChI is InChI=1S/C11H12O2.C9H12O3/c1-5-3-7-4-8(5)10-9(7)6(2)13-11(10)12;1-5-2-3-6-7(4-5)9(11)12-8(6)10/h3,7-10H,2,4H2,1H3;5-7H,2-4H2,1H3. The van der Waals surface area contributed by atoms with Gasteiger partial charge in [0.2, 0.25) is 0 Å². The summed E-state index contributed by atoms with van der Waals surface area (Å²) in [5.41, 5.74) is 1.37. The van der Waals surface area contributed by atoms with E-state index < -0.39 is 0 Å². The zero-order valence-electron chi connectivity index (χ0n) is 14.7. The van der Waals surface area contributed by atoms with E-state index >= 15 is 0 Å². The van der Waals surface area contributed by atoms with E-state index in [2.05, 4.69) is 31.2 Å². The predicted molar refractivity (Wildman–Crippen MR) is 88.7 cm³/mol. The molecule has 0 N–H and O–H groups in total. The van der Waals surface area contributed by atoms with E-state index in [1.165, 1.54) is 5.57 Å². The molecule has 5 aliphatic rings. The van der Waals surface area contributed by atoms with Crippen molar-refractivity contribution in [2.24, 2.45) is 41.4 Å². The molecule has 2 bridgehead atoms. The maximum absolute atomic E-state index is 11.5. The highest BCUT2D eigenvalue weighted by Crippen LogP contribution is 2.57. The third-order valence-electron chi connectivity index (χ3n) is 6.66. The van der Waals surface area contributed by atoms with Gasteiger partial charge in [-0.15, -0.1) is 0 Å². The summed E-state index contributed by atoms with van der Waals surface area (Å²) >= 11 is 0. The Hall–Kier alpha value is -1.91.